The fraction of sp³-hybridized carbons (Fsp3) is 0.143. The Kier molecular flexibility index (Phi) is 3.77. The summed E-state index contributed by atoms with van der Waals surface area (Å²) in [5, 5.41) is 11.7. The number of aromatic amines is 1. The van der Waals surface area contributed by atoms with Gasteiger partial charge in [-0.25, -0.2) is 0 Å². The van der Waals surface area contributed by atoms with Crippen LogP contribution in [0.4, 0.5) is 5.69 Å². The molecule has 0 saturated carbocycles. The first-order valence-electron chi connectivity index (χ1n) is 5.71. The average molecular weight is 239 g/mol. The minimum atomic E-state index is -0.0905. The van der Waals surface area contributed by atoms with E-state index in [0.717, 1.165) is 5.69 Å². The van der Waals surface area contributed by atoms with Crippen molar-refractivity contribution in [3.8, 4) is 6.07 Å². The van der Waals surface area contributed by atoms with E-state index in [2.05, 4.69) is 10.3 Å². The molecule has 0 radical (unpaired) electrons. The maximum absolute atomic E-state index is 11.7. The van der Waals surface area contributed by atoms with Crippen LogP contribution in [0.15, 0.2) is 42.6 Å². The van der Waals surface area contributed by atoms with E-state index in [1.807, 2.05) is 24.4 Å². The Morgan fingerprint density at radius 1 is 1.28 bits per heavy atom. The second-order valence-corrected chi connectivity index (χ2v) is 3.90. The number of amides is 1. The van der Waals surface area contributed by atoms with E-state index in [-0.39, 0.29) is 5.91 Å². The molecule has 2 rings (SSSR count). The van der Waals surface area contributed by atoms with Gasteiger partial charge in [0, 0.05) is 18.3 Å². The number of H-pyrrole nitrogens is 1. The number of aryl methyl sites for hydroxylation is 1. The highest BCUT2D eigenvalue weighted by atomic mass is 16.1. The van der Waals surface area contributed by atoms with Crippen molar-refractivity contribution in [1.29, 1.82) is 5.26 Å². The summed E-state index contributed by atoms with van der Waals surface area (Å²) in [5.41, 5.74) is 2.07. The van der Waals surface area contributed by atoms with Crippen LogP contribution in [0.25, 0.3) is 0 Å². The molecule has 0 aliphatic heterocycles. The Balaban J connectivity index is 1.93. The van der Waals surface area contributed by atoms with Gasteiger partial charge in [-0.05, 0) is 30.7 Å². The zero-order chi connectivity index (χ0) is 12.8. The molecule has 0 spiro atoms. The van der Waals surface area contributed by atoms with Crippen molar-refractivity contribution in [1.82, 2.24) is 4.98 Å². The van der Waals surface area contributed by atoms with Gasteiger partial charge in [-0.15, -0.1) is 0 Å². The van der Waals surface area contributed by atoms with Gasteiger partial charge in [0.15, 0.2) is 0 Å². The molecule has 18 heavy (non-hydrogen) atoms. The fourth-order valence-corrected chi connectivity index (χ4v) is 1.67. The number of anilines is 1. The van der Waals surface area contributed by atoms with Crippen LogP contribution in [0.3, 0.4) is 0 Å². The topological polar surface area (TPSA) is 68.7 Å². The molecule has 4 nitrogen and oxygen atoms in total. The highest BCUT2D eigenvalue weighted by Gasteiger charge is 2.06. The van der Waals surface area contributed by atoms with E-state index in [0.29, 0.717) is 24.1 Å². The highest BCUT2D eigenvalue weighted by molar-refractivity contribution is 5.92. The number of nitrogens with one attached hydrogen (secondary N) is 2. The first-order valence-corrected chi connectivity index (χ1v) is 5.71. The summed E-state index contributed by atoms with van der Waals surface area (Å²) in [4.78, 5) is 14.8. The van der Waals surface area contributed by atoms with Crippen molar-refractivity contribution in [2.45, 2.75) is 12.8 Å². The van der Waals surface area contributed by atoms with Gasteiger partial charge in [0.05, 0.1) is 11.3 Å². The zero-order valence-electron chi connectivity index (χ0n) is 9.81. The summed E-state index contributed by atoms with van der Waals surface area (Å²) in [7, 11) is 0. The minimum Gasteiger partial charge on any atom is -0.365 e. The van der Waals surface area contributed by atoms with Crippen LogP contribution < -0.4 is 5.32 Å². The SMILES string of the molecule is N#Cc1ccccc1NC(=O)CCc1ccc[nH]1. The normalized spacial score (nSPS) is 9.72. The van der Waals surface area contributed by atoms with Crippen molar-refractivity contribution in [2.75, 3.05) is 5.32 Å². The van der Waals surface area contributed by atoms with Gasteiger partial charge < -0.3 is 10.3 Å². The number of benzene rings is 1. The van der Waals surface area contributed by atoms with Crippen LogP contribution in [0.5, 0.6) is 0 Å². The van der Waals surface area contributed by atoms with E-state index in [1.165, 1.54) is 0 Å². The Morgan fingerprint density at radius 2 is 2.11 bits per heavy atom. The molecule has 4 heteroatoms. The molecule has 0 fully saturated rings. The second-order valence-electron chi connectivity index (χ2n) is 3.90. The molecule has 0 unspecified atom stereocenters. The quantitative estimate of drug-likeness (QED) is 0.860. The predicted molar refractivity (Wildman–Crippen MR) is 68.9 cm³/mol. The molecule has 0 aliphatic rings. The van der Waals surface area contributed by atoms with Gasteiger partial charge in [-0.1, -0.05) is 12.1 Å². The number of nitrogens with zero attached hydrogens (tertiary/aromatic N) is 1. The third-order valence-electron chi connectivity index (χ3n) is 2.61. The molecule has 1 aromatic heterocycles. The lowest BCUT2D eigenvalue weighted by atomic mass is 10.2. The molecule has 2 aromatic rings. The van der Waals surface area contributed by atoms with Crippen molar-refractivity contribution in [2.24, 2.45) is 0 Å². The van der Waals surface area contributed by atoms with Crippen LogP contribution in [0.1, 0.15) is 17.7 Å². The Hall–Kier alpha value is -2.54. The molecule has 1 aromatic carbocycles. The molecular formula is C14H13N3O. The molecule has 90 valence electrons. The molecule has 2 N–H and O–H groups in total. The zero-order valence-corrected chi connectivity index (χ0v) is 9.81. The van der Waals surface area contributed by atoms with E-state index in [1.54, 1.807) is 24.3 Å². The summed E-state index contributed by atoms with van der Waals surface area (Å²) in [5.74, 6) is -0.0905. The second kappa shape index (κ2) is 5.69. The number of carbonyl (C=O) groups excluding carboxylic acids is 1. The summed E-state index contributed by atoms with van der Waals surface area (Å²) in [6, 6.07) is 12.9. The smallest absolute Gasteiger partial charge is 0.224 e. The van der Waals surface area contributed by atoms with Crippen LogP contribution >= 0.6 is 0 Å². The molecule has 0 atom stereocenters. The number of hydrogen-bond acceptors (Lipinski definition) is 2. The maximum Gasteiger partial charge on any atom is 0.224 e. The monoisotopic (exact) mass is 239 g/mol. The largest absolute Gasteiger partial charge is 0.365 e. The van der Waals surface area contributed by atoms with Crippen molar-refractivity contribution >= 4 is 11.6 Å². The fourth-order valence-electron chi connectivity index (χ4n) is 1.67. The van der Waals surface area contributed by atoms with E-state index in [9.17, 15) is 4.79 Å². The lowest BCUT2D eigenvalue weighted by Gasteiger charge is -2.06. The Morgan fingerprint density at radius 3 is 2.83 bits per heavy atom. The van der Waals surface area contributed by atoms with E-state index < -0.39 is 0 Å². The van der Waals surface area contributed by atoms with Gasteiger partial charge in [0.2, 0.25) is 5.91 Å². The highest BCUT2D eigenvalue weighted by Crippen LogP contribution is 2.14. The van der Waals surface area contributed by atoms with Gasteiger partial charge in [0.1, 0.15) is 6.07 Å². The third kappa shape index (κ3) is 2.98. The third-order valence-corrected chi connectivity index (χ3v) is 2.61. The number of carbonyl (C=O) groups is 1. The van der Waals surface area contributed by atoms with Crippen LogP contribution in [0.2, 0.25) is 0 Å². The lowest BCUT2D eigenvalue weighted by molar-refractivity contribution is -0.116. The Bertz CT molecular complexity index is 567. The minimum absolute atomic E-state index is 0.0905. The summed E-state index contributed by atoms with van der Waals surface area (Å²) in [6.07, 6.45) is 2.88. The number of rotatable bonds is 4. The lowest BCUT2D eigenvalue weighted by Crippen LogP contribution is -2.13. The van der Waals surface area contributed by atoms with E-state index in [4.69, 9.17) is 5.26 Å². The number of para-hydroxylation sites is 1. The average Bonchev–Trinajstić information content (AvgIpc) is 2.90. The first kappa shape index (κ1) is 11.9. The molecule has 1 amide bonds. The summed E-state index contributed by atoms with van der Waals surface area (Å²) >= 11 is 0. The number of aromatic nitrogens is 1. The van der Waals surface area contributed by atoms with Gasteiger partial charge in [0.25, 0.3) is 0 Å². The van der Waals surface area contributed by atoms with Gasteiger partial charge >= 0.3 is 0 Å². The van der Waals surface area contributed by atoms with Crippen LogP contribution in [-0.2, 0) is 11.2 Å². The molecule has 0 aliphatic carbocycles. The molecular weight excluding hydrogens is 226 g/mol. The maximum atomic E-state index is 11.7. The van der Waals surface area contributed by atoms with Crippen LogP contribution in [-0.4, -0.2) is 10.9 Å². The molecule has 1 heterocycles. The number of hydrogen-bond donors (Lipinski definition) is 2. The predicted octanol–water partition coefficient (Wildman–Crippen LogP) is 2.46. The Labute approximate surface area is 105 Å². The van der Waals surface area contributed by atoms with Crippen molar-refractivity contribution in [3.05, 3.63) is 53.9 Å². The van der Waals surface area contributed by atoms with Gasteiger partial charge in [-0.2, -0.15) is 5.26 Å². The van der Waals surface area contributed by atoms with Crippen LogP contribution in [0, 0.1) is 11.3 Å². The van der Waals surface area contributed by atoms with Crippen molar-refractivity contribution < 1.29 is 4.79 Å². The van der Waals surface area contributed by atoms with Crippen molar-refractivity contribution in [3.63, 3.8) is 0 Å². The van der Waals surface area contributed by atoms with E-state index >= 15 is 0 Å². The molecule has 0 bridgehead atoms. The molecule has 0 saturated heterocycles. The van der Waals surface area contributed by atoms with Gasteiger partial charge in [-0.3, -0.25) is 4.79 Å². The summed E-state index contributed by atoms with van der Waals surface area (Å²) in [6.45, 7) is 0. The summed E-state index contributed by atoms with van der Waals surface area (Å²) < 4.78 is 0. The standard InChI is InChI=1S/C14H13N3O/c15-10-11-4-1-2-6-13(11)17-14(18)8-7-12-5-3-9-16-12/h1-6,9,16H,7-8H2,(H,17,18). The number of nitriles is 1. The first-order chi connectivity index (χ1) is 8.79.